The molecule has 0 aromatic rings. The van der Waals surface area contributed by atoms with Gasteiger partial charge in [-0.1, -0.05) is 0 Å². The third kappa shape index (κ3) is 7.33. The van der Waals surface area contributed by atoms with Crippen LogP contribution in [0.1, 0.15) is 54.4 Å². The molecule has 0 spiro atoms. The summed E-state index contributed by atoms with van der Waals surface area (Å²) in [4.78, 5) is 57.3. The number of hydroxylamine groups is 3. The minimum atomic E-state index is -4.92. The van der Waals surface area contributed by atoms with E-state index < -0.39 is 63.9 Å². The van der Waals surface area contributed by atoms with Gasteiger partial charge in [-0.15, -0.1) is 4.28 Å². The van der Waals surface area contributed by atoms with E-state index in [2.05, 4.69) is 9.76 Å². The lowest BCUT2D eigenvalue weighted by Crippen LogP contribution is -2.50. The summed E-state index contributed by atoms with van der Waals surface area (Å²) in [7, 11) is -4.92. The molecule has 3 heterocycles. The highest BCUT2D eigenvalue weighted by Gasteiger charge is 2.50. The van der Waals surface area contributed by atoms with Crippen LogP contribution in [0.25, 0.3) is 0 Å². The molecule has 5 amide bonds. The molecule has 3 aliphatic heterocycles. The second-order valence-corrected chi connectivity index (χ2v) is 11.8. The van der Waals surface area contributed by atoms with E-state index in [4.69, 9.17) is 18.9 Å². The molecule has 0 unspecified atom stereocenters. The van der Waals surface area contributed by atoms with Crippen molar-refractivity contribution in [2.45, 2.75) is 83.8 Å². The number of nitrogens with zero attached hydrogens (tertiary/aromatic N) is 4. The molecule has 16 nitrogen and oxygen atoms in total. The van der Waals surface area contributed by atoms with Crippen molar-refractivity contribution in [3.63, 3.8) is 0 Å². The number of hydrogen-bond donors (Lipinski definition) is 2. The molecular weight excluding hydrogens is 518 g/mol. The predicted molar refractivity (Wildman–Crippen MR) is 122 cm³/mol. The number of piperidine rings is 1. The van der Waals surface area contributed by atoms with Crippen molar-refractivity contribution in [3.05, 3.63) is 0 Å². The Kier molecular flexibility index (Phi) is 7.84. The number of rotatable bonds is 5. The van der Waals surface area contributed by atoms with E-state index in [0.29, 0.717) is 5.06 Å². The van der Waals surface area contributed by atoms with E-state index in [1.54, 1.807) is 41.5 Å². The fourth-order valence-corrected chi connectivity index (χ4v) is 4.39. The van der Waals surface area contributed by atoms with E-state index >= 15 is 0 Å². The second kappa shape index (κ2) is 10.1. The van der Waals surface area contributed by atoms with E-state index in [9.17, 15) is 27.6 Å². The van der Waals surface area contributed by atoms with Crippen LogP contribution in [-0.2, 0) is 33.8 Å². The quantitative estimate of drug-likeness (QED) is 0.364. The molecule has 2 atom stereocenters. The summed E-state index contributed by atoms with van der Waals surface area (Å²) in [6.45, 7) is 9.75. The summed E-state index contributed by atoms with van der Waals surface area (Å²) in [6, 6.07) is -2.54. The van der Waals surface area contributed by atoms with Gasteiger partial charge in [0.2, 0.25) is 0 Å². The Bertz CT molecular complexity index is 1000. The molecule has 3 aliphatic rings. The first kappa shape index (κ1) is 28.7. The maximum absolute atomic E-state index is 12.8. The number of amides is 5. The number of carbonyl (C=O) groups is 4. The molecule has 210 valence electrons. The Morgan fingerprint density at radius 3 is 1.89 bits per heavy atom. The smallest absolute Gasteiger partial charge is 0.429 e. The molecule has 2 N–H and O–H groups in total. The highest BCUT2D eigenvalue weighted by atomic mass is 32.3. The summed E-state index contributed by atoms with van der Waals surface area (Å²) >= 11 is 0. The van der Waals surface area contributed by atoms with Crippen molar-refractivity contribution in [2.24, 2.45) is 0 Å². The third-order valence-corrected chi connectivity index (χ3v) is 5.73. The van der Waals surface area contributed by atoms with Crippen LogP contribution in [0.15, 0.2) is 0 Å². The molecule has 37 heavy (non-hydrogen) atoms. The Morgan fingerprint density at radius 1 is 0.919 bits per heavy atom. The number of hydrogen-bond acceptors (Lipinski definition) is 10. The molecule has 0 aliphatic carbocycles. The minimum Gasteiger partial charge on any atom is -0.442 e. The van der Waals surface area contributed by atoms with Crippen LogP contribution >= 0.6 is 0 Å². The SMILES string of the molecule is CC(C)(C)OC(=O)N1CC(ONC(=O)[C@@H]2CC[C@@H]3CN2C(=O)N3OS(=O)(=O)O)CN1C(=O)OC(C)(C)C. The number of urea groups is 1. The number of hydrazine groups is 1. The van der Waals surface area contributed by atoms with Gasteiger partial charge in [0.05, 0.1) is 19.1 Å². The average Bonchev–Trinajstić information content (AvgIpc) is 3.25. The predicted octanol–water partition coefficient (Wildman–Crippen LogP) is 0.809. The van der Waals surface area contributed by atoms with Gasteiger partial charge in [-0.3, -0.25) is 14.2 Å². The maximum Gasteiger partial charge on any atom is 0.429 e. The lowest BCUT2D eigenvalue weighted by molar-refractivity contribution is -0.142. The summed E-state index contributed by atoms with van der Waals surface area (Å²) in [5.41, 5.74) is 0.588. The summed E-state index contributed by atoms with van der Waals surface area (Å²) in [6.07, 6.45) is -2.06. The molecule has 0 aromatic carbocycles. The van der Waals surface area contributed by atoms with Crippen LogP contribution in [0.3, 0.4) is 0 Å². The Labute approximate surface area is 214 Å². The summed E-state index contributed by atoms with van der Waals surface area (Å²) < 4.78 is 46.0. The number of ether oxygens (including phenoxy) is 2. The second-order valence-electron chi connectivity index (χ2n) is 10.8. The van der Waals surface area contributed by atoms with E-state index in [1.165, 1.54) is 0 Å². The van der Waals surface area contributed by atoms with Gasteiger partial charge in [0.15, 0.2) is 0 Å². The molecule has 3 saturated heterocycles. The van der Waals surface area contributed by atoms with E-state index in [-0.39, 0.29) is 32.5 Å². The fourth-order valence-electron chi connectivity index (χ4n) is 4.00. The van der Waals surface area contributed by atoms with Crippen LogP contribution in [0.2, 0.25) is 0 Å². The van der Waals surface area contributed by atoms with Crippen molar-refractivity contribution in [1.82, 2.24) is 25.5 Å². The van der Waals surface area contributed by atoms with Gasteiger partial charge < -0.3 is 14.4 Å². The number of fused-ring (bicyclic) bond motifs is 2. The van der Waals surface area contributed by atoms with Gasteiger partial charge in [0.25, 0.3) is 5.91 Å². The van der Waals surface area contributed by atoms with Crippen molar-refractivity contribution in [3.8, 4) is 0 Å². The van der Waals surface area contributed by atoms with Crippen molar-refractivity contribution in [1.29, 1.82) is 0 Å². The van der Waals surface area contributed by atoms with Crippen molar-refractivity contribution >= 4 is 34.5 Å². The maximum atomic E-state index is 12.8. The Hall–Kier alpha value is -2.89. The molecule has 0 aromatic heterocycles. The standard InChI is InChI=1S/C20H33N5O11S/c1-19(2,3)33-17(28)23-10-13(11-24(23)18(29)34-20(4,5)6)35-21-15(26)14-8-7-12-9-22(14)16(27)25(12)36-37(30,31)32/h12-14H,7-11H2,1-6H3,(H,21,26)(H,30,31,32)/t12-,14+/m1/s1. The van der Waals surface area contributed by atoms with Gasteiger partial charge in [-0.25, -0.2) is 29.9 Å². The van der Waals surface area contributed by atoms with E-state index in [1.807, 2.05) is 0 Å². The van der Waals surface area contributed by atoms with Gasteiger partial charge >= 0.3 is 28.6 Å². The first-order chi connectivity index (χ1) is 16.8. The third-order valence-electron chi connectivity index (χ3n) is 5.38. The first-order valence-electron chi connectivity index (χ1n) is 11.6. The molecule has 17 heteroatoms. The molecular formula is C20H33N5O11S. The van der Waals surface area contributed by atoms with Gasteiger partial charge in [-0.05, 0) is 54.4 Å². The van der Waals surface area contributed by atoms with Crippen LogP contribution in [0.5, 0.6) is 0 Å². The molecule has 3 fully saturated rings. The fraction of sp³-hybridized carbons (Fsp3) is 0.800. The van der Waals surface area contributed by atoms with Crippen LogP contribution in [0.4, 0.5) is 14.4 Å². The molecule has 3 rings (SSSR count). The minimum absolute atomic E-state index is 0.00864. The van der Waals surface area contributed by atoms with Gasteiger partial charge in [-0.2, -0.15) is 13.5 Å². The summed E-state index contributed by atoms with van der Waals surface area (Å²) in [5, 5.41) is 2.57. The van der Waals surface area contributed by atoms with Crippen LogP contribution < -0.4 is 5.48 Å². The van der Waals surface area contributed by atoms with Crippen molar-refractivity contribution in [2.75, 3.05) is 19.6 Å². The zero-order valence-corrected chi connectivity index (χ0v) is 22.3. The number of carbonyl (C=O) groups excluding carboxylic acids is 4. The molecule has 0 radical (unpaired) electrons. The Balaban J connectivity index is 1.63. The van der Waals surface area contributed by atoms with E-state index in [0.717, 1.165) is 14.9 Å². The molecule has 2 bridgehead atoms. The highest BCUT2D eigenvalue weighted by molar-refractivity contribution is 7.80. The lowest BCUT2D eigenvalue weighted by atomic mass is 10.0. The Morgan fingerprint density at radius 2 is 1.43 bits per heavy atom. The highest BCUT2D eigenvalue weighted by Crippen LogP contribution is 2.31. The number of nitrogens with one attached hydrogen (secondary N) is 1. The lowest BCUT2D eigenvalue weighted by Gasteiger charge is -2.31. The summed E-state index contributed by atoms with van der Waals surface area (Å²) in [5.74, 6) is -0.694. The van der Waals surface area contributed by atoms with Crippen LogP contribution in [0, 0.1) is 0 Å². The van der Waals surface area contributed by atoms with Gasteiger partial charge in [0.1, 0.15) is 23.3 Å². The van der Waals surface area contributed by atoms with Crippen LogP contribution in [-0.4, -0.2) is 106 Å². The first-order valence-corrected chi connectivity index (χ1v) is 12.9. The zero-order valence-electron chi connectivity index (χ0n) is 21.5. The zero-order chi connectivity index (χ0) is 27.9. The largest absolute Gasteiger partial charge is 0.442 e. The average molecular weight is 552 g/mol. The topological polar surface area (TPSA) is 185 Å². The van der Waals surface area contributed by atoms with Crippen molar-refractivity contribution < 1.29 is 50.7 Å². The normalized spacial score (nSPS) is 22.9. The monoisotopic (exact) mass is 551 g/mol. The molecule has 0 saturated carbocycles. The van der Waals surface area contributed by atoms with Gasteiger partial charge in [0, 0.05) is 6.54 Å².